The van der Waals surface area contributed by atoms with Crippen molar-refractivity contribution in [1.82, 2.24) is 5.32 Å². The van der Waals surface area contributed by atoms with Crippen LogP contribution in [0.4, 0.5) is 34.1 Å². The molecule has 4 atom stereocenters. The SMILES string of the molecule is O=C(Nc1cccc(C(F)(F)F)c1)N[C@H]1CO[C@H]2[C@@H]1OC[C@H]2OC(=O)Nc1ccc(Oc2ccccc2)cc1. The Kier molecular flexibility index (Phi) is 7.57. The lowest BCUT2D eigenvalue weighted by molar-refractivity contribution is -0.137. The quantitative estimate of drug-likeness (QED) is 0.384. The summed E-state index contributed by atoms with van der Waals surface area (Å²) in [5.74, 6) is 1.29. The average molecular weight is 543 g/mol. The predicted molar refractivity (Wildman–Crippen MR) is 134 cm³/mol. The smallest absolute Gasteiger partial charge is 0.416 e. The maximum atomic E-state index is 12.9. The van der Waals surface area contributed by atoms with E-state index in [1.54, 1.807) is 24.3 Å². The molecule has 3 amide bonds. The third-order valence-corrected chi connectivity index (χ3v) is 6.11. The Morgan fingerprint density at radius 2 is 1.51 bits per heavy atom. The molecule has 3 aromatic carbocycles. The molecule has 39 heavy (non-hydrogen) atoms. The second-order valence-electron chi connectivity index (χ2n) is 8.89. The summed E-state index contributed by atoms with van der Waals surface area (Å²) in [6.07, 6.45) is -7.15. The van der Waals surface area contributed by atoms with Crippen molar-refractivity contribution in [3.05, 3.63) is 84.4 Å². The van der Waals surface area contributed by atoms with Crippen LogP contribution >= 0.6 is 0 Å². The Labute approximate surface area is 221 Å². The first-order valence-electron chi connectivity index (χ1n) is 12.0. The Balaban J connectivity index is 1.09. The van der Waals surface area contributed by atoms with Crippen molar-refractivity contribution in [1.29, 1.82) is 0 Å². The minimum Gasteiger partial charge on any atom is -0.457 e. The van der Waals surface area contributed by atoms with Crippen LogP contribution in [0.3, 0.4) is 0 Å². The molecule has 12 heteroatoms. The first-order chi connectivity index (χ1) is 18.7. The molecule has 0 spiro atoms. The summed E-state index contributed by atoms with van der Waals surface area (Å²) in [6, 6.07) is 19.0. The number of carbonyl (C=O) groups is 2. The molecule has 3 aromatic rings. The van der Waals surface area contributed by atoms with E-state index in [4.69, 9.17) is 18.9 Å². The molecule has 2 heterocycles. The standard InChI is InChI=1S/C27H24F3N3O6/c28-27(29,30)16-5-4-6-18(13-16)31-25(34)33-21-14-36-24-22(15-37-23(21)24)39-26(35)32-17-9-11-20(12-10-17)38-19-7-2-1-3-8-19/h1-13,21-24H,14-15H2,(H,32,35)(H2,31,33,34)/t21-,22+,23+,24+/m0/s1. The molecule has 0 radical (unpaired) electrons. The van der Waals surface area contributed by atoms with Crippen LogP contribution in [0.1, 0.15) is 5.56 Å². The number of anilines is 2. The summed E-state index contributed by atoms with van der Waals surface area (Å²) in [5.41, 5.74) is -0.393. The van der Waals surface area contributed by atoms with Gasteiger partial charge in [-0.1, -0.05) is 24.3 Å². The highest BCUT2D eigenvalue weighted by Gasteiger charge is 2.50. The van der Waals surface area contributed by atoms with Gasteiger partial charge in [-0.05, 0) is 54.6 Å². The van der Waals surface area contributed by atoms with Crippen LogP contribution in [0.5, 0.6) is 11.5 Å². The number of hydrogen-bond donors (Lipinski definition) is 3. The van der Waals surface area contributed by atoms with E-state index in [0.717, 1.165) is 12.1 Å². The second-order valence-corrected chi connectivity index (χ2v) is 8.89. The molecule has 9 nitrogen and oxygen atoms in total. The maximum absolute atomic E-state index is 12.9. The molecule has 2 saturated heterocycles. The van der Waals surface area contributed by atoms with Gasteiger partial charge in [0.05, 0.1) is 24.8 Å². The van der Waals surface area contributed by atoms with Crippen molar-refractivity contribution >= 4 is 23.5 Å². The molecular weight excluding hydrogens is 519 g/mol. The monoisotopic (exact) mass is 543 g/mol. The molecule has 0 bridgehead atoms. The molecule has 204 valence electrons. The number of halogens is 3. The summed E-state index contributed by atoms with van der Waals surface area (Å²) in [6.45, 7) is 0.135. The number of nitrogens with one attached hydrogen (secondary N) is 3. The largest absolute Gasteiger partial charge is 0.457 e. The van der Waals surface area contributed by atoms with Gasteiger partial charge in [0.2, 0.25) is 0 Å². The predicted octanol–water partition coefficient (Wildman–Crippen LogP) is 5.40. The molecule has 0 aromatic heterocycles. The summed E-state index contributed by atoms with van der Waals surface area (Å²) >= 11 is 0. The van der Waals surface area contributed by atoms with Crippen molar-refractivity contribution in [2.75, 3.05) is 23.8 Å². The van der Waals surface area contributed by atoms with E-state index in [2.05, 4.69) is 16.0 Å². The van der Waals surface area contributed by atoms with Gasteiger partial charge >= 0.3 is 18.3 Å². The van der Waals surface area contributed by atoms with Crippen LogP contribution in [0, 0.1) is 0 Å². The van der Waals surface area contributed by atoms with Crippen molar-refractivity contribution in [3.63, 3.8) is 0 Å². The van der Waals surface area contributed by atoms with Gasteiger partial charge in [-0.25, -0.2) is 9.59 Å². The molecule has 0 saturated carbocycles. The first-order valence-corrected chi connectivity index (χ1v) is 12.0. The number of amides is 3. The van der Waals surface area contributed by atoms with Gasteiger partial charge in [-0.15, -0.1) is 0 Å². The maximum Gasteiger partial charge on any atom is 0.416 e. The van der Waals surface area contributed by atoms with E-state index in [0.29, 0.717) is 17.2 Å². The Morgan fingerprint density at radius 3 is 2.26 bits per heavy atom. The summed E-state index contributed by atoms with van der Waals surface area (Å²) in [7, 11) is 0. The van der Waals surface area contributed by atoms with Crippen LogP contribution in [0.25, 0.3) is 0 Å². The lowest BCUT2D eigenvalue weighted by Gasteiger charge is -2.18. The van der Waals surface area contributed by atoms with Gasteiger partial charge in [0.1, 0.15) is 23.7 Å². The lowest BCUT2D eigenvalue weighted by Crippen LogP contribution is -2.46. The summed E-state index contributed by atoms with van der Waals surface area (Å²) in [5, 5.41) is 7.67. The zero-order valence-electron chi connectivity index (χ0n) is 20.3. The summed E-state index contributed by atoms with van der Waals surface area (Å²) in [4.78, 5) is 24.8. The van der Waals surface area contributed by atoms with Gasteiger partial charge in [-0.2, -0.15) is 13.2 Å². The number of benzene rings is 3. The molecule has 3 N–H and O–H groups in total. The van der Waals surface area contributed by atoms with E-state index < -0.39 is 48.2 Å². The summed E-state index contributed by atoms with van der Waals surface area (Å²) < 4.78 is 61.3. The van der Waals surface area contributed by atoms with Crippen molar-refractivity contribution in [3.8, 4) is 11.5 Å². The van der Waals surface area contributed by atoms with E-state index in [1.165, 1.54) is 12.1 Å². The molecule has 2 aliphatic heterocycles. The van der Waals surface area contributed by atoms with Gasteiger partial charge < -0.3 is 29.6 Å². The fourth-order valence-corrected chi connectivity index (χ4v) is 4.31. The molecule has 0 unspecified atom stereocenters. The van der Waals surface area contributed by atoms with Crippen LogP contribution in [-0.2, 0) is 20.4 Å². The van der Waals surface area contributed by atoms with Gasteiger partial charge in [0, 0.05) is 11.4 Å². The number of fused-ring (bicyclic) bond motifs is 1. The van der Waals surface area contributed by atoms with Crippen LogP contribution < -0.4 is 20.7 Å². The number of carbonyl (C=O) groups excluding carboxylic acids is 2. The number of para-hydroxylation sites is 1. The number of hydrogen-bond acceptors (Lipinski definition) is 6. The second kappa shape index (κ2) is 11.2. The first kappa shape index (κ1) is 26.3. The van der Waals surface area contributed by atoms with Gasteiger partial charge in [0.15, 0.2) is 6.10 Å². The number of rotatable bonds is 6. The zero-order valence-corrected chi connectivity index (χ0v) is 20.3. The highest BCUT2D eigenvalue weighted by Crippen LogP contribution is 2.31. The number of alkyl halides is 3. The Morgan fingerprint density at radius 1 is 0.795 bits per heavy atom. The van der Waals surface area contributed by atoms with E-state index in [1.807, 2.05) is 30.3 Å². The minimum absolute atomic E-state index is 0.0114. The van der Waals surface area contributed by atoms with Gasteiger partial charge in [-0.3, -0.25) is 5.32 Å². The molecule has 2 fully saturated rings. The Bertz CT molecular complexity index is 1310. The normalized spacial score (nSPS) is 22.0. The topological polar surface area (TPSA) is 107 Å². The zero-order chi connectivity index (χ0) is 27.4. The van der Waals surface area contributed by atoms with Crippen LogP contribution in [0.2, 0.25) is 0 Å². The lowest BCUT2D eigenvalue weighted by atomic mass is 10.1. The highest BCUT2D eigenvalue weighted by molar-refractivity contribution is 5.89. The van der Waals surface area contributed by atoms with E-state index >= 15 is 0 Å². The average Bonchev–Trinajstić information content (AvgIpc) is 3.48. The van der Waals surface area contributed by atoms with Gasteiger partial charge in [0.25, 0.3) is 0 Å². The number of ether oxygens (including phenoxy) is 4. The molecule has 2 aliphatic rings. The third kappa shape index (κ3) is 6.59. The fraction of sp³-hybridized carbons (Fsp3) is 0.259. The fourth-order valence-electron chi connectivity index (χ4n) is 4.31. The van der Waals surface area contributed by atoms with Crippen LogP contribution in [0.15, 0.2) is 78.9 Å². The molecular formula is C27H24F3N3O6. The number of urea groups is 1. The van der Waals surface area contributed by atoms with Crippen LogP contribution in [-0.4, -0.2) is 49.7 Å². The highest BCUT2D eigenvalue weighted by atomic mass is 19.4. The minimum atomic E-state index is -4.53. The molecule has 5 rings (SSSR count). The van der Waals surface area contributed by atoms with Crippen molar-refractivity contribution < 1.29 is 41.7 Å². The van der Waals surface area contributed by atoms with Crippen molar-refractivity contribution in [2.24, 2.45) is 0 Å². The third-order valence-electron chi connectivity index (χ3n) is 6.11. The van der Waals surface area contributed by atoms with Crippen molar-refractivity contribution in [2.45, 2.75) is 30.5 Å². The Hall–Kier alpha value is -4.29. The molecule has 0 aliphatic carbocycles. The van der Waals surface area contributed by atoms with E-state index in [9.17, 15) is 22.8 Å². The van der Waals surface area contributed by atoms with E-state index in [-0.39, 0.29) is 18.9 Å².